The summed E-state index contributed by atoms with van der Waals surface area (Å²) in [6.45, 7) is 0. The standard InChI is InChI=1S/C3H5N3O/c4-3-1-2-5-7-6-3/h1-2,5H,(H2,4,6). The number of nitrogens with zero attached hydrogens (tertiary/aromatic N) is 1. The lowest BCUT2D eigenvalue weighted by Gasteiger charge is -1.99. The first-order valence-electron chi connectivity index (χ1n) is 1.81. The molecule has 0 aliphatic carbocycles. The minimum atomic E-state index is 0.374. The first-order chi connectivity index (χ1) is 3.39. The summed E-state index contributed by atoms with van der Waals surface area (Å²) in [4.78, 5) is 4.31. The van der Waals surface area contributed by atoms with Crippen molar-refractivity contribution < 1.29 is 4.94 Å². The maximum Gasteiger partial charge on any atom is 0.167 e. The first kappa shape index (κ1) is 3.98. The van der Waals surface area contributed by atoms with Crippen molar-refractivity contribution >= 4 is 5.84 Å². The van der Waals surface area contributed by atoms with E-state index in [0.717, 1.165) is 0 Å². The minimum absolute atomic E-state index is 0.374. The van der Waals surface area contributed by atoms with Crippen molar-refractivity contribution in [3.05, 3.63) is 12.3 Å². The predicted octanol–water partition coefficient (Wildman–Crippen LogP) is -0.693. The normalized spacial score (nSPS) is 16.9. The van der Waals surface area contributed by atoms with Gasteiger partial charge in [-0.3, -0.25) is 4.94 Å². The largest absolute Gasteiger partial charge is 0.381 e. The molecule has 3 N–H and O–H groups in total. The van der Waals surface area contributed by atoms with Crippen LogP contribution in [0.5, 0.6) is 0 Å². The van der Waals surface area contributed by atoms with E-state index in [-0.39, 0.29) is 0 Å². The van der Waals surface area contributed by atoms with Gasteiger partial charge in [-0.25, -0.2) is 5.48 Å². The second kappa shape index (κ2) is 1.51. The van der Waals surface area contributed by atoms with Crippen molar-refractivity contribution in [1.82, 2.24) is 5.48 Å². The molecule has 1 rings (SSSR count). The van der Waals surface area contributed by atoms with Gasteiger partial charge in [-0.2, -0.15) is 0 Å². The van der Waals surface area contributed by atoms with Gasteiger partial charge in [-0.05, 0) is 5.16 Å². The van der Waals surface area contributed by atoms with E-state index in [4.69, 9.17) is 5.73 Å². The van der Waals surface area contributed by atoms with E-state index in [1.165, 1.54) is 0 Å². The monoisotopic (exact) mass is 99.0 g/mol. The van der Waals surface area contributed by atoms with Gasteiger partial charge in [0.2, 0.25) is 0 Å². The Morgan fingerprint density at radius 2 is 2.71 bits per heavy atom. The van der Waals surface area contributed by atoms with E-state index >= 15 is 0 Å². The molecule has 0 saturated carbocycles. The number of hydroxylamine groups is 1. The van der Waals surface area contributed by atoms with Crippen LogP contribution >= 0.6 is 0 Å². The quantitative estimate of drug-likeness (QED) is 0.422. The molecule has 0 fully saturated rings. The number of oxime groups is 1. The van der Waals surface area contributed by atoms with Crippen molar-refractivity contribution in [3.8, 4) is 0 Å². The van der Waals surface area contributed by atoms with Crippen LogP contribution < -0.4 is 11.2 Å². The fourth-order valence-corrected chi connectivity index (χ4v) is 0.259. The molecule has 0 radical (unpaired) electrons. The second-order valence-electron chi connectivity index (χ2n) is 1.06. The summed E-state index contributed by atoms with van der Waals surface area (Å²) in [7, 11) is 0. The Hall–Kier alpha value is -1.19. The van der Waals surface area contributed by atoms with Crippen LogP contribution in [0.1, 0.15) is 0 Å². The molecule has 0 aromatic carbocycles. The minimum Gasteiger partial charge on any atom is -0.381 e. The Kier molecular flexibility index (Phi) is 0.856. The van der Waals surface area contributed by atoms with E-state index in [1.807, 2.05) is 0 Å². The van der Waals surface area contributed by atoms with Crippen LogP contribution in [0.3, 0.4) is 0 Å². The van der Waals surface area contributed by atoms with Gasteiger partial charge in [0.15, 0.2) is 5.84 Å². The van der Waals surface area contributed by atoms with Crippen molar-refractivity contribution in [1.29, 1.82) is 0 Å². The lowest BCUT2D eigenvalue weighted by atomic mass is 10.6. The third-order valence-corrected chi connectivity index (χ3v) is 0.526. The molecular weight excluding hydrogens is 94.1 g/mol. The highest BCUT2D eigenvalue weighted by Crippen LogP contribution is 1.79. The Labute approximate surface area is 40.6 Å². The topological polar surface area (TPSA) is 59.6 Å². The van der Waals surface area contributed by atoms with Crippen molar-refractivity contribution in [2.45, 2.75) is 0 Å². The van der Waals surface area contributed by atoms with E-state index in [1.54, 1.807) is 12.3 Å². The third-order valence-electron chi connectivity index (χ3n) is 0.526. The summed E-state index contributed by atoms with van der Waals surface area (Å²) in [5.41, 5.74) is 7.50. The molecule has 0 atom stereocenters. The van der Waals surface area contributed by atoms with Crippen LogP contribution in [0.25, 0.3) is 0 Å². The Morgan fingerprint density at radius 1 is 1.86 bits per heavy atom. The molecule has 4 nitrogen and oxygen atoms in total. The summed E-state index contributed by atoms with van der Waals surface area (Å²) in [6.07, 6.45) is 3.16. The van der Waals surface area contributed by atoms with Crippen LogP contribution in [-0.4, -0.2) is 5.84 Å². The zero-order valence-electron chi connectivity index (χ0n) is 3.59. The van der Waals surface area contributed by atoms with Gasteiger partial charge in [0.1, 0.15) is 0 Å². The van der Waals surface area contributed by atoms with Crippen molar-refractivity contribution in [3.63, 3.8) is 0 Å². The summed E-state index contributed by atoms with van der Waals surface area (Å²) < 4.78 is 0. The highest BCUT2D eigenvalue weighted by atomic mass is 16.8. The average Bonchev–Trinajstić information content (AvgIpc) is 1.69. The second-order valence-corrected chi connectivity index (χ2v) is 1.06. The molecule has 4 heteroatoms. The Morgan fingerprint density at radius 3 is 3.00 bits per heavy atom. The number of rotatable bonds is 0. The van der Waals surface area contributed by atoms with Gasteiger partial charge >= 0.3 is 0 Å². The summed E-state index contributed by atoms with van der Waals surface area (Å²) >= 11 is 0. The van der Waals surface area contributed by atoms with Crippen LogP contribution in [0.4, 0.5) is 0 Å². The number of hydrogen-bond acceptors (Lipinski definition) is 4. The SMILES string of the molecule is NC1=NONC=C1. The lowest BCUT2D eigenvalue weighted by molar-refractivity contribution is 0.0750. The van der Waals surface area contributed by atoms with E-state index in [2.05, 4.69) is 15.6 Å². The molecule has 7 heavy (non-hydrogen) atoms. The molecule has 0 aromatic heterocycles. The first-order valence-corrected chi connectivity index (χ1v) is 1.81. The van der Waals surface area contributed by atoms with Gasteiger partial charge < -0.3 is 5.73 Å². The predicted molar refractivity (Wildman–Crippen MR) is 25.0 cm³/mol. The Balaban J connectivity index is 2.58. The van der Waals surface area contributed by atoms with Gasteiger partial charge in [0, 0.05) is 12.3 Å². The smallest absolute Gasteiger partial charge is 0.167 e. The van der Waals surface area contributed by atoms with E-state index in [0.29, 0.717) is 5.84 Å². The number of nitrogens with two attached hydrogens (primary N) is 1. The molecule has 0 saturated heterocycles. The van der Waals surface area contributed by atoms with Crippen LogP contribution in [0, 0.1) is 0 Å². The molecule has 1 heterocycles. The third kappa shape index (κ3) is 0.819. The molecule has 0 spiro atoms. The lowest BCUT2D eigenvalue weighted by Crippen LogP contribution is -2.17. The van der Waals surface area contributed by atoms with Gasteiger partial charge in [-0.1, -0.05) is 0 Å². The van der Waals surface area contributed by atoms with Crippen LogP contribution in [0.15, 0.2) is 17.4 Å². The molecule has 38 valence electrons. The Bertz CT molecular complexity index is 117. The van der Waals surface area contributed by atoms with Crippen molar-refractivity contribution in [2.24, 2.45) is 10.9 Å². The number of amidine groups is 1. The molecule has 0 bridgehead atoms. The van der Waals surface area contributed by atoms with Crippen LogP contribution in [0.2, 0.25) is 0 Å². The van der Waals surface area contributed by atoms with Gasteiger partial charge in [0.25, 0.3) is 0 Å². The van der Waals surface area contributed by atoms with E-state index in [9.17, 15) is 0 Å². The average molecular weight is 99.1 g/mol. The van der Waals surface area contributed by atoms with Crippen LogP contribution in [-0.2, 0) is 4.94 Å². The van der Waals surface area contributed by atoms with Gasteiger partial charge in [0.05, 0.1) is 0 Å². The molecule has 0 aromatic rings. The van der Waals surface area contributed by atoms with E-state index < -0.39 is 0 Å². The summed E-state index contributed by atoms with van der Waals surface area (Å²) in [5.74, 6) is 0.374. The number of hydrogen-bond donors (Lipinski definition) is 2. The summed E-state index contributed by atoms with van der Waals surface area (Å²) in [6, 6.07) is 0. The molecule has 1 aliphatic rings. The molecule has 1 aliphatic heterocycles. The molecule has 0 unspecified atom stereocenters. The molecule has 0 amide bonds. The van der Waals surface area contributed by atoms with Gasteiger partial charge in [-0.15, -0.1) is 0 Å². The zero-order valence-corrected chi connectivity index (χ0v) is 3.59. The summed E-state index contributed by atoms with van der Waals surface area (Å²) in [5, 5.41) is 3.33. The highest BCUT2D eigenvalue weighted by Gasteiger charge is 1.87. The highest BCUT2D eigenvalue weighted by molar-refractivity contribution is 5.90. The zero-order chi connectivity index (χ0) is 5.11. The fourth-order valence-electron chi connectivity index (χ4n) is 0.259. The number of nitrogens with one attached hydrogen (secondary N) is 1. The molecular formula is C3H5N3O. The maximum absolute atomic E-state index is 5.13. The maximum atomic E-state index is 5.13. The van der Waals surface area contributed by atoms with Crippen molar-refractivity contribution in [2.75, 3.05) is 0 Å². The fraction of sp³-hybridized carbons (Fsp3) is 0.